The molecule has 3 rings (SSSR count). The van der Waals surface area contributed by atoms with Crippen molar-refractivity contribution in [2.75, 3.05) is 32.6 Å². The molecule has 0 saturated carbocycles. The number of likely N-dealkylation sites (N-methyl/N-ethyl adjacent to an activating group) is 1. The molecule has 0 aromatic carbocycles. The van der Waals surface area contributed by atoms with E-state index in [-0.39, 0.29) is 23.6 Å². The monoisotopic (exact) mass is 411 g/mol. The summed E-state index contributed by atoms with van der Waals surface area (Å²) in [7, 11) is 3.41. The van der Waals surface area contributed by atoms with Crippen molar-refractivity contribution in [3.05, 3.63) is 53.1 Å². The lowest BCUT2D eigenvalue weighted by Crippen LogP contribution is -2.41. The molecule has 2 atom stereocenters. The zero-order chi connectivity index (χ0) is 21.5. The van der Waals surface area contributed by atoms with E-state index in [9.17, 15) is 9.59 Å². The molecule has 1 unspecified atom stereocenters. The average Bonchev–Trinajstić information content (AvgIpc) is 3.18. The zero-order valence-electron chi connectivity index (χ0n) is 17.6. The average molecular weight is 412 g/mol. The number of nitrogens with one attached hydrogen (secondary N) is 3. The number of rotatable bonds is 8. The van der Waals surface area contributed by atoms with Crippen LogP contribution in [0.15, 0.2) is 47.5 Å². The molecule has 30 heavy (non-hydrogen) atoms. The molecule has 8 nitrogen and oxygen atoms in total. The number of amides is 1. The van der Waals surface area contributed by atoms with Gasteiger partial charge in [-0.1, -0.05) is 13.0 Å². The molecule has 0 radical (unpaired) electrons. The van der Waals surface area contributed by atoms with Crippen molar-refractivity contribution in [1.82, 2.24) is 20.2 Å². The number of nitrogens with zero attached hydrogens (tertiary/aromatic N) is 2. The first-order valence-corrected chi connectivity index (χ1v) is 10.2. The SMILES string of the molecule is CC[C@@H]1C(Nc2cc(-c3ccnc(OC)c3)c[nH]c2=O)CCN1C(=O)/C=C/CNC. The van der Waals surface area contributed by atoms with Gasteiger partial charge in [0, 0.05) is 49.2 Å². The van der Waals surface area contributed by atoms with Crippen LogP contribution in [-0.4, -0.2) is 60.1 Å². The number of aromatic amines is 1. The summed E-state index contributed by atoms with van der Waals surface area (Å²) < 4.78 is 5.19. The number of pyridine rings is 2. The fourth-order valence-corrected chi connectivity index (χ4v) is 3.83. The molecule has 2 aromatic rings. The van der Waals surface area contributed by atoms with E-state index in [1.54, 1.807) is 25.6 Å². The van der Waals surface area contributed by atoms with E-state index in [0.717, 1.165) is 24.0 Å². The Morgan fingerprint density at radius 2 is 2.23 bits per heavy atom. The molecule has 0 bridgehead atoms. The lowest BCUT2D eigenvalue weighted by molar-refractivity contribution is -0.126. The van der Waals surface area contributed by atoms with Crippen LogP contribution in [0, 0.1) is 0 Å². The normalized spacial score (nSPS) is 18.7. The molecule has 1 fully saturated rings. The Kier molecular flexibility index (Phi) is 7.24. The van der Waals surface area contributed by atoms with Gasteiger partial charge in [-0.25, -0.2) is 4.98 Å². The van der Waals surface area contributed by atoms with Gasteiger partial charge in [0.2, 0.25) is 11.8 Å². The molecule has 160 valence electrons. The van der Waals surface area contributed by atoms with Gasteiger partial charge in [-0.3, -0.25) is 9.59 Å². The second kappa shape index (κ2) is 10.1. The standard InChI is InChI=1S/C22H29N5O3/c1-4-19-17(8-11-27(19)21(28)6-5-9-23-2)26-18-12-16(14-25-22(18)29)15-7-10-24-20(13-15)30-3/h5-7,10,12-14,17,19,23,26H,4,8-9,11H2,1-3H3,(H,25,29)/b6-5+/t17?,19-/m1/s1. The Morgan fingerprint density at radius 3 is 2.97 bits per heavy atom. The van der Waals surface area contributed by atoms with Gasteiger partial charge in [0.15, 0.2) is 0 Å². The number of ether oxygens (including phenoxy) is 1. The number of likely N-dealkylation sites (tertiary alicyclic amines) is 1. The maximum Gasteiger partial charge on any atom is 0.271 e. The molecule has 0 aliphatic carbocycles. The number of anilines is 1. The lowest BCUT2D eigenvalue weighted by Gasteiger charge is -2.27. The van der Waals surface area contributed by atoms with Crippen LogP contribution in [0.5, 0.6) is 5.88 Å². The van der Waals surface area contributed by atoms with Crippen LogP contribution < -0.4 is 20.9 Å². The molecule has 1 aliphatic rings. The van der Waals surface area contributed by atoms with Gasteiger partial charge in [0.05, 0.1) is 13.2 Å². The summed E-state index contributed by atoms with van der Waals surface area (Å²) in [5, 5.41) is 6.37. The first-order valence-electron chi connectivity index (χ1n) is 10.2. The van der Waals surface area contributed by atoms with Crippen molar-refractivity contribution in [3.63, 3.8) is 0 Å². The highest BCUT2D eigenvalue weighted by Gasteiger charge is 2.35. The molecule has 8 heteroatoms. The predicted molar refractivity (Wildman–Crippen MR) is 118 cm³/mol. The third-order valence-electron chi connectivity index (χ3n) is 5.35. The third kappa shape index (κ3) is 4.88. The molecule has 0 spiro atoms. The van der Waals surface area contributed by atoms with Crippen LogP contribution >= 0.6 is 0 Å². The van der Waals surface area contributed by atoms with Crippen molar-refractivity contribution in [1.29, 1.82) is 0 Å². The summed E-state index contributed by atoms with van der Waals surface area (Å²) in [4.78, 5) is 33.8. The Labute approximate surface area is 176 Å². The first-order chi connectivity index (χ1) is 14.6. The Hall–Kier alpha value is -3.13. The second-order valence-corrected chi connectivity index (χ2v) is 7.22. The number of carbonyl (C=O) groups is 1. The number of hydrogen-bond donors (Lipinski definition) is 3. The van der Waals surface area contributed by atoms with Crippen molar-refractivity contribution in [3.8, 4) is 17.0 Å². The van der Waals surface area contributed by atoms with Gasteiger partial charge >= 0.3 is 0 Å². The van der Waals surface area contributed by atoms with Crippen molar-refractivity contribution < 1.29 is 9.53 Å². The summed E-state index contributed by atoms with van der Waals surface area (Å²) in [6.07, 6.45) is 8.39. The van der Waals surface area contributed by atoms with Gasteiger partial charge in [-0.2, -0.15) is 0 Å². The van der Waals surface area contributed by atoms with E-state index < -0.39 is 0 Å². The second-order valence-electron chi connectivity index (χ2n) is 7.22. The smallest absolute Gasteiger partial charge is 0.271 e. The number of hydrogen-bond acceptors (Lipinski definition) is 6. The molecule has 1 aliphatic heterocycles. The summed E-state index contributed by atoms with van der Waals surface area (Å²) in [6.45, 7) is 3.38. The summed E-state index contributed by atoms with van der Waals surface area (Å²) in [5.74, 6) is 0.517. The van der Waals surface area contributed by atoms with Crippen LogP contribution in [-0.2, 0) is 4.79 Å². The molecule has 1 amide bonds. The third-order valence-corrected chi connectivity index (χ3v) is 5.35. The van der Waals surface area contributed by atoms with Gasteiger partial charge in [0.25, 0.3) is 5.56 Å². The summed E-state index contributed by atoms with van der Waals surface area (Å²) in [5.41, 5.74) is 2.05. The van der Waals surface area contributed by atoms with E-state index in [0.29, 0.717) is 24.7 Å². The van der Waals surface area contributed by atoms with Crippen LogP contribution in [0.2, 0.25) is 0 Å². The maximum atomic E-state index is 12.6. The Balaban J connectivity index is 1.78. The van der Waals surface area contributed by atoms with E-state index in [1.807, 2.05) is 36.2 Å². The predicted octanol–water partition coefficient (Wildman–Crippen LogP) is 2.01. The van der Waals surface area contributed by atoms with Gasteiger partial charge in [-0.05, 0) is 37.6 Å². The number of methoxy groups -OCH3 is 1. The topological polar surface area (TPSA) is 99.3 Å². The van der Waals surface area contributed by atoms with Crippen molar-refractivity contribution in [2.45, 2.75) is 31.8 Å². The van der Waals surface area contributed by atoms with Gasteiger partial charge < -0.3 is 25.3 Å². The molecule has 3 N–H and O–H groups in total. The van der Waals surface area contributed by atoms with Gasteiger partial charge in [-0.15, -0.1) is 0 Å². The minimum atomic E-state index is -0.187. The summed E-state index contributed by atoms with van der Waals surface area (Å²) in [6, 6.07) is 5.56. The molecule has 2 aromatic heterocycles. The molecular weight excluding hydrogens is 382 g/mol. The minimum Gasteiger partial charge on any atom is -0.481 e. The lowest BCUT2D eigenvalue weighted by atomic mass is 10.1. The fraction of sp³-hybridized carbons (Fsp3) is 0.409. The van der Waals surface area contributed by atoms with Crippen LogP contribution in [0.25, 0.3) is 11.1 Å². The number of aromatic nitrogens is 2. The van der Waals surface area contributed by atoms with E-state index in [4.69, 9.17) is 4.74 Å². The fourth-order valence-electron chi connectivity index (χ4n) is 3.83. The number of carbonyl (C=O) groups excluding carboxylic acids is 1. The highest BCUT2D eigenvalue weighted by molar-refractivity contribution is 5.88. The summed E-state index contributed by atoms with van der Waals surface area (Å²) >= 11 is 0. The Morgan fingerprint density at radius 1 is 1.40 bits per heavy atom. The van der Waals surface area contributed by atoms with E-state index in [2.05, 4.69) is 27.5 Å². The van der Waals surface area contributed by atoms with Crippen LogP contribution in [0.4, 0.5) is 5.69 Å². The van der Waals surface area contributed by atoms with Crippen molar-refractivity contribution >= 4 is 11.6 Å². The molecule has 1 saturated heterocycles. The minimum absolute atomic E-state index is 0.00735. The maximum absolute atomic E-state index is 12.6. The van der Waals surface area contributed by atoms with Crippen molar-refractivity contribution in [2.24, 2.45) is 0 Å². The highest BCUT2D eigenvalue weighted by atomic mass is 16.5. The molecular formula is C22H29N5O3. The first kappa shape index (κ1) is 21.6. The number of H-pyrrole nitrogens is 1. The van der Waals surface area contributed by atoms with Gasteiger partial charge in [0.1, 0.15) is 5.69 Å². The Bertz CT molecular complexity index is 956. The van der Waals surface area contributed by atoms with E-state index in [1.165, 1.54) is 0 Å². The van der Waals surface area contributed by atoms with E-state index >= 15 is 0 Å². The largest absolute Gasteiger partial charge is 0.481 e. The zero-order valence-corrected chi connectivity index (χ0v) is 17.6. The quantitative estimate of drug-likeness (QED) is 0.575. The molecule has 3 heterocycles. The van der Waals surface area contributed by atoms with Crippen LogP contribution in [0.3, 0.4) is 0 Å². The highest BCUT2D eigenvalue weighted by Crippen LogP contribution is 2.26. The van der Waals surface area contributed by atoms with Crippen LogP contribution in [0.1, 0.15) is 19.8 Å².